The average Bonchev–Trinajstić information content (AvgIpc) is 2.84. The molecule has 0 saturated carbocycles. The van der Waals surface area contributed by atoms with Crippen LogP contribution in [-0.2, 0) is 30.5 Å². The van der Waals surface area contributed by atoms with E-state index in [-0.39, 0.29) is 19.4 Å². The fraction of sp³-hybridized carbons (Fsp3) is 0.357. The van der Waals surface area contributed by atoms with Crippen LogP contribution in [-0.4, -0.2) is 23.6 Å². The second kappa shape index (κ2) is 6.25. The number of benzene rings is 1. The first kappa shape index (κ1) is 14.8. The Labute approximate surface area is 121 Å². The van der Waals surface area contributed by atoms with Gasteiger partial charge in [-0.15, -0.1) is 5.48 Å². The molecule has 1 heterocycles. The van der Waals surface area contributed by atoms with Gasteiger partial charge in [-0.1, -0.05) is 30.3 Å². The molecule has 2 rings (SSSR count). The van der Waals surface area contributed by atoms with Crippen LogP contribution in [0.2, 0.25) is 0 Å². The van der Waals surface area contributed by atoms with E-state index >= 15 is 0 Å². The van der Waals surface area contributed by atoms with Crippen LogP contribution in [0.5, 0.6) is 0 Å². The molecule has 1 atom stereocenters. The lowest BCUT2D eigenvalue weighted by molar-refractivity contribution is -0.177. The predicted molar refractivity (Wildman–Crippen MR) is 69.6 cm³/mol. The Balaban J connectivity index is 1.74. The van der Waals surface area contributed by atoms with Crippen molar-refractivity contribution in [2.75, 3.05) is 0 Å². The summed E-state index contributed by atoms with van der Waals surface area (Å²) in [6.45, 7) is 1.48. The Kier molecular flexibility index (Phi) is 4.42. The summed E-state index contributed by atoms with van der Waals surface area (Å²) in [5, 5.41) is 0. The maximum atomic E-state index is 11.7. The van der Waals surface area contributed by atoms with Crippen molar-refractivity contribution < 1.29 is 28.7 Å². The Morgan fingerprint density at radius 3 is 2.67 bits per heavy atom. The number of hydrogen-bond donors (Lipinski definition) is 1. The highest BCUT2D eigenvalue weighted by Crippen LogP contribution is 2.27. The third-order valence-electron chi connectivity index (χ3n) is 3.02. The minimum atomic E-state index is -1.36. The van der Waals surface area contributed by atoms with Gasteiger partial charge in [0.05, 0.1) is 0 Å². The third-order valence-corrected chi connectivity index (χ3v) is 3.02. The molecule has 21 heavy (non-hydrogen) atoms. The zero-order valence-corrected chi connectivity index (χ0v) is 11.5. The Hall–Kier alpha value is -2.57. The molecule has 1 aromatic carbocycles. The van der Waals surface area contributed by atoms with Gasteiger partial charge >= 0.3 is 18.0 Å². The molecule has 1 amide bonds. The monoisotopic (exact) mass is 293 g/mol. The van der Waals surface area contributed by atoms with Gasteiger partial charge in [0.15, 0.2) is 0 Å². The lowest BCUT2D eigenvalue weighted by Gasteiger charge is -2.19. The van der Waals surface area contributed by atoms with E-state index in [1.165, 1.54) is 6.92 Å². The van der Waals surface area contributed by atoms with E-state index in [1.807, 2.05) is 23.7 Å². The Bertz CT molecular complexity index is 544. The number of carbonyl (C=O) groups is 3. The molecule has 7 heteroatoms. The number of rotatable bonds is 3. The number of hydrogen-bond acceptors (Lipinski definition) is 6. The molecule has 7 nitrogen and oxygen atoms in total. The minimum Gasteiger partial charge on any atom is -0.447 e. The highest BCUT2D eigenvalue weighted by atomic mass is 16.7. The van der Waals surface area contributed by atoms with Crippen LogP contribution < -0.4 is 5.48 Å². The number of carbonyl (C=O) groups excluding carboxylic acids is 3. The van der Waals surface area contributed by atoms with Crippen LogP contribution in [0, 0.1) is 0 Å². The van der Waals surface area contributed by atoms with Crippen molar-refractivity contribution >= 4 is 18.0 Å². The van der Waals surface area contributed by atoms with E-state index in [0.717, 1.165) is 5.56 Å². The maximum absolute atomic E-state index is 11.7. The van der Waals surface area contributed by atoms with E-state index in [1.54, 1.807) is 12.1 Å². The molecule has 0 aliphatic carbocycles. The van der Waals surface area contributed by atoms with Gasteiger partial charge in [0.25, 0.3) is 0 Å². The molecule has 0 aromatic heterocycles. The summed E-state index contributed by atoms with van der Waals surface area (Å²) < 4.78 is 9.73. The van der Waals surface area contributed by atoms with Crippen molar-refractivity contribution in [3.63, 3.8) is 0 Å². The zero-order chi connectivity index (χ0) is 15.3. The molecule has 1 aliphatic heterocycles. The van der Waals surface area contributed by atoms with Gasteiger partial charge in [-0.25, -0.2) is 9.59 Å². The maximum Gasteiger partial charge on any atom is 0.441 e. The van der Waals surface area contributed by atoms with Gasteiger partial charge in [-0.3, -0.25) is 4.79 Å². The standard InChI is InChI=1S/C14H15NO6/c1-14(8-7-11(16)20-14)12(17)21-15-13(18)19-9-10-5-3-2-4-6-10/h2-6H,7-9H2,1H3,(H,15,18). The average molecular weight is 293 g/mol. The summed E-state index contributed by atoms with van der Waals surface area (Å²) in [6.07, 6.45) is -0.546. The first-order valence-corrected chi connectivity index (χ1v) is 6.39. The van der Waals surface area contributed by atoms with E-state index in [9.17, 15) is 14.4 Å². The van der Waals surface area contributed by atoms with Crippen LogP contribution in [0.1, 0.15) is 25.3 Å². The van der Waals surface area contributed by atoms with Gasteiger partial charge in [0.2, 0.25) is 5.60 Å². The topological polar surface area (TPSA) is 90.9 Å². The molecule has 112 valence electrons. The number of esters is 1. The smallest absolute Gasteiger partial charge is 0.441 e. The normalized spacial score (nSPS) is 20.5. The lowest BCUT2D eigenvalue weighted by atomic mass is 10.0. The predicted octanol–water partition coefficient (Wildman–Crippen LogP) is 1.47. The fourth-order valence-corrected chi connectivity index (χ4v) is 1.79. The largest absolute Gasteiger partial charge is 0.447 e. The van der Waals surface area contributed by atoms with Gasteiger partial charge in [0, 0.05) is 12.8 Å². The van der Waals surface area contributed by atoms with Crippen LogP contribution in [0.4, 0.5) is 4.79 Å². The van der Waals surface area contributed by atoms with Crippen LogP contribution in [0.15, 0.2) is 30.3 Å². The van der Waals surface area contributed by atoms with Crippen molar-refractivity contribution in [1.29, 1.82) is 0 Å². The fourth-order valence-electron chi connectivity index (χ4n) is 1.79. The molecule has 0 radical (unpaired) electrons. The summed E-state index contributed by atoms with van der Waals surface area (Å²) in [4.78, 5) is 38.7. The molecule has 0 spiro atoms. The number of nitrogens with one attached hydrogen (secondary N) is 1. The number of cyclic esters (lactones) is 1. The van der Waals surface area contributed by atoms with E-state index in [2.05, 4.69) is 4.84 Å². The summed E-state index contributed by atoms with van der Waals surface area (Å²) in [7, 11) is 0. The van der Waals surface area contributed by atoms with E-state index in [4.69, 9.17) is 9.47 Å². The van der Waals surface area contributed by atoms with Crippen LogP contribution >= 0.6 is 0 Å². The van der Waals surface area contributed by atoms with Crippen molar-refractivity contribution in [2.24, 2.45) is 0 Å². The second-order valence-electron chi connectivity index (χ2n) is 4.76. The highest BCUT2D eigenvalue weighted by Gasteiger charge is 2.45. The van der Waals surface area contributed by atoms with Crippen LogP contribution in [0.25, 0.3) is 0 Å². The SMILES string of the molecule is CC1(C(=O)ONC(=O)OCc2ccccc2)CCC(=O)O1. The Morgan fingerprint density at radius 1 is 1.33 bits per heavy atom. The van der Waals surface area contributed by atoms with E-state index in [0.29, 0.717) is 0 Å². The molecule has 1 saturated heterocycles. The van der Waals surface area contributed by atoms with E-state index < -0.39 is 23.6 Å². The molecule has 1 N–H and O–H groups in total. The van der Waals surface area contributed by atoms with Gasteiger partial charge < -0.3 is 14.3 Å². The van der Waals surface area contributed by atoms with Gasteiger partial charge in [-0.2, -0.15) is 0 Å². The summed E-state index contributed by atoms with van der Waals surface area (Å²) in [5.41, 5.74) is 1.31. The summed E-state index contributed by atoms with van der Waals surface area (Å²) in [6, 6.07) is 9.05. The molecule has 1 aliphatic rings. The number of hydroxylamine groups is 1. The van der Waals surface area contributed by atoms with Gasteiger partial charge in [-0.05, 0) is 12.5 Å². The van der Waals surface area contributed by atoms with Crippen molar-refractivity contribution in [3.8, 4) is 0 Å². The first-order chi connectivity index (χ1) is 9.99. The third kappa shape index (κ3) is 3.95. The number of amides is 1. The molecular formula is C14H15NO6. The lowest BCUT2D eigenvalue weighted by Crippen LogP contribution is -2.41. The van der Waals surface area contributed by atoms with Crippen LogP contribution in [0.3, 0.4) is 0 Å². The quantitative estimate of drug-likeness (QED) is 0.515. The minimum absolute atomic E-state index is 0.0521. The molecule has 0 bridgehead atoms. The highest BCUT2D eigenvalue weighted by molar-refractivity contribution is 5.86. The molecule has 1 fully saturated rings. The first-order valence-electron chi connectivity index (χ1n) is 6.39. The summed E-state index contributed by atoms with van der Waals surface area (Å²) >= 11 is 0. The van der Waals surface area contributed by atoms with Gasteiger partial charge in [0.1, 0.15) is 6.61 Å². The number of ether oxygens (including phenoxy) is 2. The molecular weight excluding hydrogens is 278 g/mol. The van der Waals surface area contributed by atoms with Crippen molar-refractivity contribution in [2.45, 2.75) is 32.0 Å². The molecule has 1 aromatic rings. The second-order valence-corrected chi connectivity index (χ2v) is 4.76. The summed E-state index contributed by atoms with van der Waals surface area (Å²) in [5.74, 6) is -1.31. The zero-order valence-electron chi connectivity index (χ0n) is 11.5. The molecule has 1 unspecified atom stereocenters. The van der Waals surface area contributed by atoms with Crippen molar-refractivity contribution in [1.82, 2.24) is 5.48 Å². The Morgan fingerprint density at radius 2 is 2.05 bits per heavy atom. The van der Waals surface area contributed by atoms with Crippen molar-refractivity contribution in [3.05, 3.63) is 35.9 Å².